The van der Waals surface area contributed by atoms with Crippen LogP contribution in [0.3, 0.4) is 0 Å². The maximum Gasteiger partial charge on any atom is 0.238 e. The van der Waals surface area contributed by atoms with E-state index in [4.69, 9.17) is 0 Å². The molecule has 3 aromatic rings. The van der Waals surface area contributed by atoms with Gasteiger partial charge in [-0.25, -0.2) is 0 Å². The number of hydrogen-bond acceptors (Lipinski definition) is 2. The number of fused-ring (bicyclic) bond motifs is 6. The SMILES string of the molecule is CC#CCN1C(=O)C(C)(C)c2cc3[nH]c4c(c3cc21)CCCc1c[nH]nc1-4. The Labute approximate surface area is 158 Å². The van der Waals surface area contributed by atoms with E-state index in [1.54, 1.807) is 0 Å². The molecule has 5 heteroatoms. The third-order valence-electron chi connectivity index (χ3n) is 6.01. The fourth-order valence-corrected chi connectivity index (χ4v) is 4.53. The molecule has 0 bridgehead atoms. The number of benzene rings is 1. The van der Waals surface area contributed by atoms with E-state index in [-0.39, 0.29) is 5.91 Å². The predicted molar refractivity (Wildman–Crippen MR) is 107 cm³/mol. The molecule has 1 aromatic carbocycles. The molecule has 2 aromatic heterocycles. The van der Waals surface area contributed by atoms with Gasteiger partial charge in [-0.05, 0) is 68.9 Å². The second kappa shape index (κ2) is 5.50. The second-order valence-electron chi connectivity index (χ2n) is 7.95. The van der Waals surface area contributed by atoms with E-state index in [0.717, 1.165) is 47.4 Å². The molecule has 0 spiro atoms. The van der Waals surface area contributed by atoms with Gasteiger partial charge in [-0.2, -0.15) is 5.10 Å². The van der Waals surface area contributed by atoms with Gasteiger partial charge in [-0.15, -0.1) is 5.92 Å². The maximum absolute atomic E-state index is 13.0. The standard InChI is InChI=1S/C22H22N4O/c1-4-5-9-26-18-10-15-14-8-6-7-13-12-23-25-19(13)20(14)24-17(15)11-16(18)22(2,3)21(26)27/h10-12,24H,6-9H2,1-3H3,(H,23,25). The van der Waals surface area contributed by atoms with Crippen molar-refractivity contribution >= 4 is 22.5 Å². The van der Waals surface area contributed by atoms with Crippen LogP contribution in [0.5, 0.6) is 0 Å². The van der Waals surface area contributed by atoms with E-state index in [1.165, 1.54) is 16.5 Å². The lowest BCUT2D eigenvalue weighted by Crippen LogP contribution is -2.36. The van der Waals surface area contributed by atoms with Crippen molar-refractivity contribution in [1.29, 1.82) is 0 Å². The summed E-state index contributed by atoms with van der Waals surface area (Å²) >= 11 is 0. The minimum Gasteiger partial charge on any atom is -0.353 e. The number of carbonyl (C=O) groups is 1. The number of nitrogens with one attached hydrogen (secondary N) is 2. The number of aromatic amines is 2. The Morgan fingerprint density at radius 3 is 2.96 bits per heavy atom. The highest BCUT2D eigenvalue weighted by atomic mass is 16.2. The Bertz CT molecular complexity index is 1150. The number of hydrogen-bond donors (Lipinski definition) is 2. The summed E-state index contributed by atoms with van der Waals surface area (Å²) < 4.78 is 0. The molecule has 3 heterocycles. The fraction of sp³-hybridized carbons (Fsp3) is 0.364. The molecule has 0 atom stereocenters. The van der Waals surface area contributed by atoms with E-state index in [1.807, 2.05) is 31.9 Å². The molecule has 0 saturated carbocycles. The van der Waals surface area contributed by atoms with E-state index in [2.05, 4.69) is 39.2 Å². The number of nitrogens with zero attached hydrogens (tertiary/aromatic N) is 2. The average Bonchev–Trinajstić information content (AvgIpc) is 3.26. The van der Waals surface area contributed by atoms with E-state index < -0.39 is 5.41 Å². The molecule has 2 aliphatic rings. The van der Waals surface area contributed by atoms with Crippen molar-refractivity contribution in [3.05, 3.63) is 35.0 Å². The number of aromatic nitrogens is 3. The lowest BCUT2D eigenvalue weighted by molar-refractivity contribution is -0.121. The van der Waals surface area contributed by atoms with Crippen molar-refractivity contribution in [3.63, 3.8) is 0 Å². The lowest BCUT2D eigenvalue weighted by atomic mass is 9.85. The van der Waals surface area contributed by atoms with Crippen LogP contribution < -0.4 is 4.90 Å². The summed E-state index contributed by atoms with van der Waals surface area (Å²) in [6.45, 7) is 6.24. The van der Waals surface area contributed by atoms with E-state index >= 15 is 0 Å². The van der Waals surface area contributed by atoms with Crippen molar-refractivity contribution in [2.75, 3.05) is 11.4 Å². The van der Waals surface area contributed by atoms with Gasteiger partial charge in [0.1, 0.15) is 5.69 Å². The van der Waals surface area contributed by atoms with Crippen molar-refractivity contribution in [1.82, 2.24) is 15.2 Å². The molecule has 0 saturated heterocycles. The van der Waals surface area contributed by atoms with Gasteiger partial charge in [0, 0.05) is 22.8 Å². The van der Waals surface area contributed by atoms with Gasteiger partial charge in [0.05, 0.1) is 17.7 Å². The van der Waals surface area contributed by atoms with Crippen molar-refractivity contribution in [2.24, 2.45) is 0 Å². The molecule has 0 unspecified atom stereocenters. The highest BCUT2D eigenvalue weighted by Crippen LogP contribution is 2.45. The molecule has 1 aliphatic carbocycles. The first-order chi connectivity index (χ1) is 13.0. The van der Waals surface area contributed by atoms with Gasteiger partial charge in [0.25, 0.3) is 0 Å². The average molecular weight is 358 g/mol. The predicted octanol–water partition coefficient (Wildman–Crippen LogP) is 3.69. The Morgan fingerprint density at radius 2 is 2.15 bits per heavy atom. The first-order valence-corrected chi connectivity index (χ1v) is 9.46. The number of H-pyrrole nitrogens is 2. The number of carbonyl (C=O) groups excluding carboxylic acids is 1. The van der Waals surface area contributed by atoms with E-state index in [0.29, 0.717) is 6.54 Å². The summed E-state index contributed by atoms with van der Waals surface area (Å²) in [4.78, 5) is 18.4. The minimum absolute atomic E-state index is 0.119. The molecule has 136 valence electrons. The summed E-state index contributed by atoms with van der Waals surface area (Å²) in [6.07, 6.45) is 5.14. The molecule has 2 N–H and O–H groups in total. The van der Waals surface area contributed by atoms with Crippen LogP contribution in [0.4, 0.5) is 5.69 Å². The van der Waals surface area contributed by atoms with Crippen LogP contribution in [-0.2, 0) is 23.1 Å². The van der Waals surface area contributed by atoms with Crippen LogP contribution in [0.15, 0.2) is 18.3 Å². The summed E-state index contributed by atoms with van der Waals surface area (Å²) in [5.41, 5.74) is 7.32. The van der Waals surface area contributed by atoms with Gasteiger partial charge >= 0.3 is 0 Å². The first kappa shape index (κ1) is 16.2. The van der Waals surface area contributed by atoms with Crippen molar-refractivity contribution in [3.8, 4) is 23.2 Å². The number of aryl methyl sites for hydroxylation is 2. The molecule has 1 aliphatic heterocycles. The van der Waals surface area contributed by atoms with Gasteiger partial charge in [-0.1, -0.05) is 5.92 Å². The molecule has 0 radical (unpaired) electrons. The van der Waals surface area contributed by atoms with E-state index in [9.17, 15) is 4.79 Å². The van der Waals surface area contributed by atoms with Crippen LogP contribution in [0.25, 0.3) is 22.3 Å². The highest BCUT2D eigenvalue weighted by Gasteiger charge is 2.44. The Balaban J connectivity index is 1.76. The summed E-state index contributed by atoms with van der Waals surface area (Å²) in [5.74, 6) is 6.09. The van der Waals surface area contributed by atoms with Gasteiger partial charge in [0.2, 0.25) is 5.91 Å². The third-order valence-corrected chi connectivity index (χ3v) is 6.01. The van der Waals surface area contributed by atoms with Gasteiger partial charge in [-0.3, -0.25) is 14.8 Å². The molecule has 1 amide bonds. The van der Waals surface area contributed by atoms with Crippen LogP contribution >= 0.6 is 0 Å². The second-order valence-corrected chi connectivity index (χ2v) is 7.95. The molecule has 27 heavy (non-hydrogen) atoms. The summed E-state index contributed by atoms with van der Waals surface area (Å²) in [5, 5.41) is 8.69. The fourth-order valence-electron chi connectivity index (χ4n) is 4.53. The number of amides is 1. The topological polar surface area (TPSA) is 64.8 Å². The number of anilines is 1. The zero-order chi connectivity index (χ0) is 18.8. The largest absolute Gasteiger partial charge is 0.353 e. The van der Waals surface area contributed by atoms with Gasteiger partial charge in [0.15, 0.2) is 0 Å². The molecule has 0 fully saturated rings. The molecule has 5 rings (SSSR count). The third kappa shape index (κ3) is 2.13. The maximum atomic E-state index is 13.0. The van der Waals surface area contributed by atoms with Crippen molar-refractivity contribution < 1.29 is 4.79 Å². The van der Waals surface area contributed by atoms with Crippen molar-refractivity contribution in [2.45, 2.75) is 45.4 Å². The molecular formula is C22H22N4O. The smallest absolute Gasteiger partial charge is 0.238 e. The number of rotatable bonds is 1. The Morgan fingerprint density at radius 1 is 1.30 bits per heavy atom. The summed E-state index contributed by atoms with van der Waals surface area (Å²) in [7, 11) is 0. The van der Waals surface area contributed by atoms with Crippen LogP contribution in [0, 0.1) is 11.8 Å². The first-order valence-electron chi connectivity index (χ1n) is 9.46. The Kier molecular flexibility index (Phi) is 3.30. The van der Waals surface area contributed by atoms with Crippen LogP contribution in [-0.4, -0.2) is 27.6 Å². The Hall–Kier alpha value is -3.00. The monoisotopic (exact) mass is 358 g/mol. The molecular weight excluding hydrogens is 336 g/mol. The zero-order valence-corrected chi connectivity index (χ0v) is 15.9. The quantitative estimate of drug-likeness (QED) is 0.652. The summed E-state index contributed by atoms with van der Waals surface area (Å²) in [6, 6.07) is 4.34. The highest BCUT2D eigenvalue weighted by molar-refractivity contribution is 6.10. The zero-order valence-electron chi connectivity index (χ0n) is 15.9. The minimum atomic E-state index is -0.543. The van der Waals surface area contributed by atoms with Crippen LogP contribution in [0.2, 0.25) is 0 Å². The van der Waals surface area contributed by atoms with Gasteiger partial charge < -0.3 is 4.98 Å². The lowest BCUT2D eigenvalue weighted by Gasteiger charge is -2.18. The molecule has 5 nitrogen and oxygen atoms in total. The van der Waals surface area contributed by atoms with Crippen LogP contribution in [0.1, 0.15) is 43.9 Å². The normalized spacial score (nSPS) is 17.1.